The summed E-state index contributed by atoms with van der Waals surface area (Å²) in [4.78, 5) is 12.2. The lowest BCUT2D eigenvalue weighted by Crippen LogP contribution is -2.24. The number of halogens is 1. The van der Waals surface area contributed by atoms with Gasteiger partial charge in [-0.2, -0.15) is 0 Å². The molecule has 0 heterocycles. The highest BCUT2D eigenvalue weighted by molar-refractivity contribution is 5.96. The molecule has 2 aromatic carbocycles. The van der Waals surface area contributed by atoms with E-state index < -0.39 is 11.6 Å². The number of nitrogens with one attached hydrogen (secondary N) is 1. The number of ether oxygens (including phenoxy) is 1. The van der Waals surface area contributed by atoms with E-state index in [1.165, 1.54) is 12.1 Å². The van der Waals surface area contributed by atoms with Crippen LogP contribution in [0.4, 0.5) is 15.8 Å². The lowest BCUT2D eigenvalue weighted by Gasteiger charge is -2.20. The highest BCUT2D eigenvalue weighted by Gasteiger charge is 2.20. The zero-order valence-electron chi connectivity index (χ0n) is 12.3. The minimum atomic E-state index is -0.555. The molecule has 0 aliphatic heterocycles. The van der Waals surface area contributed by atoms with Gasteiger partial charge in [-0.05, 0) is 57.2 Å². The Morgan fingerprint density at radius 2 is 1.67 bits per heavy atom. The van der Waals surface area contributed by atoms with Gasteiger partial charge in [0, 0.05) is 5.69 Å². The van der Waals surface area contributed by atoms with E-state index in [0.717, 1.165) is 0 Å². The van der Waals surface area contributed by atoms with Gasteiger partial charge in [-0.3, -0.25) is 0 Å². The van der Waals surface area contributed by atoms with E-state index in [2.05, 4.69) is 5.32 Å². The summed E-state index contributed by atoms with van der Waals surface area (Å²) in [6.07, 6.45) is 0. The van der Waals surface area contributed by atoms with Crippen molar-refractivity contribution in [3.63, 3.8) is 0 Å². The average molecular weight is 287 g/mol. The Hall–Kier alpha value is -2.36. The molecule has 0 aliphatic rings. The number of carbonyl (C=O) groups excluding carboxylic acids is 1. The lowest BCUT2D eigenvalue weighted by molar-refractivity contribution is 0.00707. The first-order valence-corrected chi connectivity index (χ1v) is 6.70. The summed E-state index contributed by atoms with van der Waals surface area (Å²) in [6.45, 7) is 5.46. The van der Waals surface area contributed by atoms with Crippen LogP contribution in [-0.2, 0) is 4.74 Å². The van der Waals surface area contributed by atoms with Crippen molar-refractivity contribution in [1.29, 1.82) is 0 Å². The third-order valence-corrected chi connectivity index (χ3v) is 2.67. The smallest absolute Gasteiger partial charge is 0.340 e. The Balaban J connectivity index is 2.24. The normalized spacial score (nSPS) is 11.0. The van der Waals surface area contributed by atoms with Gasteiger partial charge in [0.1, 0.15) is 11.4 Å². The molecule has 0 atom stereocenters. The van der Waals surface area contributed by atoms with Crippen LogP contribution in [0.1, 0.15) is 31.1 Å². The van der Waals surface area contributed by atoms with Gasteiger partial charge >= 0.3 is 5.97 Å². The van der Waals surface area contributed by atoms with Crippen LogP contribution in [0.3, 0.4) is 0 Å². The molecule has 0 unspecified atom stereocenters. The topological polar surface area (TPSA) is 38.3 Å². The molecule has 2 rings (SSSR count). The lowest BCUT2D eigenvalue weighted by atomic mass is 10.1. The van der Waals surface area contributed by atoms with Gasteiger partial charge in [-0.1, -0.05) is 12.1 Å². The maximum Gasteiger partial charge on any atom is 0.340 e. The first-order chi connectivity index (χ1) is 9.85. The second-order valence-electron chi connectivity index (χ2n) is 5.68. The van der Waals surface area contributed by atoms with Crippen molar-refractivity contribution in [2.45, 2.75) is 26.4 Å². The Kier molecular flexibility index (Phi) is 4.26. The molecule has 4 heteroatoms. The quantitative estimate of drug-likeness (QED) is 0.843. The Morgan fingerprint density at radius 1 is 1.05 bits per heavy atom. The summed E-state index contributed by atoms with van der Waals surface area (Å²) in [5.41, 5.74) is 1.21. The first kappa shape index (κ1) is 15.0. The van der Waals surface area contributed by atoms with Crippen LogP contribution in [0.15, 0.2) is 48.5 Å². The summed E-state index contributed by atoms with van der Waals surface area (Å²) in [6, 6.07) is 13.0. The van der Waals surface area contributed by atoms with E-state index in [1.807, 2.05) is 26.8 Å². The molecule has 1 N–H and O–H groups in total. The van der Waals surface area contributed by atoms with Gasteiger partial charge in [0.15, 0.2) is 0 Å². The van der Waals surface area contributed by atoms with Crippen molar-refractivity contribution in [2.24, 2.45) is 0 Å². The summed E-state index contributed by atoms with van der Waals surface area (Å²) in [7, 11) is 0. The van der Waals surface area contributed by atoms with Crippen molar-refractivity contribution in [3.05, 3.63) is 59.9 Å². The summed E-state index contributed by atoms with van der Waals surface area (Å²) in [5, 5.41) is 3.10. The number of anilines is 2. The zero-order chi connectivity index (χ0) is 15.5. The van der Waals surface area contributed by atoms with Crippen LogP contribution < -0.4 is 5.32 Å². The van der Waals surface area contributed by atoms with Crippen LogP contribution in [0.2, 0.25) is 0 Å². The van der Waals surface area contributed by atoms with Crippen LogP contribution >= 0.6 is 0 Å². The molecule has 2 aromatic rings. The van der Waals surface area contributed by atoms with E-state index in [0.29, 0.717) is 16.9 Å². The molecular weight excluding hydrogens is 269 g/mol. The van der Waals surface area contributed by atoms with E-state index in [4.69, 9.17) is 4.74 Å². The predicted octanol–water partition coefficient (Wildman–Crippen LogP) is 4.52. The highest BCUT2D eigenvalue weighted by atomic mass is 19.1. The number of rotatable bonds is 3. The fraction of sp³-hybridized carbons (Fsp3) is 0.235. The summed E-state index contributed by atoms with van der Waals surface area (Å²) >= 11 is 0. The first-order valence-electron chi connectivity index (χ1n) is 6.70. The molecular formula is C17H18FNO2. The Bertz CT molecular complexity index is 630. The van der Waals surface area contributed by atoms with Crippen molar-refractivity contribution in [2.75, 3.05) is 5.32 Å². The standard InChI is InChI=1S/C17H18FNO2/c1-17(2,3)21-16(20)14-6-4-5-7-15(14)19-13-10-8-12(18)9-11-13/h4-11,19H,1-3H3. The van der Waals surface area contributed by atoms with E-state index in [-0.39, 0.29) is 5.82 Å². The molecule has 0 amide bonds. The van der Waals surface area contributed by atoms with Crippen LogP contribution in [-0.4, -0.2) is 11.6 Å². The second kappa shape index (κ2) is 5.95. The third kappa shape index (κ3) is 4.31. The number of para-hydroxylation sites is 1. The minimum Gasteiger partial charge on any atom is -0.456 e. The van der Waals surface area contributed by atoms with Gasteiger partial charge in [-0.15, -0.1) is 0 Å². The van der Waals surface area contributed by atoms with Crippen molar-refractivity contribution in [3.8, 4) is 0 Å². The van der Waals surface area contributed by atoms with E-state index in [1.54, 1.807) is 30.3 Å². The molecule has 0 aliphatic carbocycles. The number of hydrogen-bond acceptors (Lipinski definition) is 3. The Morgan fingerprint density at radius 3 is 2.29 bits per heavy atom. The number of carbonyl (C=O) groups is 1. The maximum atomic E-state index is 12.9. The average Bonchev–Trinajstić information content (AvgIpc) is 2.40. The third-order valence-electron chi connectivity index (χ3n) is 2.67. The monoisotopic (exact) mass is 287 g/mol. The predicted molar refractivity (Wildman–Crippen MR) is 81.3 cm³/mol. The molecule has 0 saturated carbocycles. The second-order valence-corrected chi connectivity index (χ2v) is 5.68. The SMILES string of the molecule is CC(C)(C)OC(=O)c1ccccc1Nc1ccc(F)cc1. The van der Waals surface area contributed by atoms with Crippen molar-refractivity contribution in [1.82, 2.24) is 0 Å². The Labute approximate surface area is 123 Å². The molecule has 0 radical (unpaired) electrons. The van der Waals surface area contributed by atoms with Gasteiger partial charge in [-0.25, -0.2) is 9.18 Å². The number of hydrogen-bond donors (Lipinski definition) is 1. The van der Waals surface area contributed by atoms with Gasteiger partial charge < -0.3 is 10.1 Å². The van der Waals surface area contributed by atoms with E-state index >= 15 is 0 Å². The van der Waals surface area contributed by atoms with Crippen LogP contribution in [0.5, 0.6) is 0 Å². The van der Waals surface area contributed by atoms with Crippen LogP contribution in [0, 0.1) is 5.82 Å². The summed E-state index contributed by atoms with van der Waals surface area (Å²) in [5.74, 6) is -0.700. The van der Waals surface area contributed by atoms with Crippen LogP contribution in [0.25, 0.3) is 0 Å². The van der Waals surface area contributed by atoms with E-state index in [9.17, 15) is 9.18 Å². The molecule has 0 spiro atoms. The van der Waals surface area contributed by atoms with Gasteiger partial charge in [0.25, 0.3) is 0 Å². The molecule has 0 fully saturated rings. The molecule has 0 bridgehead atoms. The number of benzene rings is 2. The van der Waals surface area contributed by atoms with Gasteiger partial charge in [0.2, 0.25) is 0 Å². The van der Waals surface area contributed by atoms with Crippen molar-refractivity contribution >= 4 is 17.3 Å². The fourth-order valence-corrected chi connectivity index (χ4v) is 1.79. The minimum absolute atomic E-state index is 0.305. The maximum absolute atomic E-state index is 12.9. The molecule has 21 heavy (non-hydrogen) atoms. The number of esters is 1. The molecule has 0 aromatic heterocycles. The zero-order valence-corrected chi connectivity index (χ0v) is 12.3. The molecule has 0 saturated heterocycles. The van der Waals surface area contributed by atoms with Crippen molar-refractivity contribution < 1.29 is 13.9 Å². The highest BCUT2D eigenvalue weighted by Crippen LogP contribution is 2.23. The largest absolute Gasteiger partial charge is 0.456 e. The summed E-state index contributed by atoms with van der Waals surface area (Å²) < 4.78 is 18.3. The fourth-order valence-electron chi connectivity index (χ4n) is 1.79. The molecule has 110 valence electrons. The van der Waals surface area contributed by atoms with Gasteiger partial charge in [0.05, 0.1) is 11.3 Å². The molecule has 3 nitrogen and oxygen atoms in total.